The van der Waals surface area contributed by atoms with Crippen molar-refractivity contribution in [3.8, 4) is 5.75 Å². The molecule has 1 atom stereocenters. The molecule has 6 aromatic rings. The van der Waals surface area contributed by atoms with Crippen molar-refractivity contribution in [2.75, 3.05) is 4.90 Å². The number of nitrogens with zero attached hydrogens (tertiary/aromatic N) is 3. The molecule has 1 aliphatic rings. The third kappa shape index (κ3) is 5.61. The Morgan fingerprint density at radius 3 is 2.04 bits per heavy atom. The number of ether oxygens (including phenoxy) is 1. The van der Waals surface area contributed by atoms with E-state index in [0.29, 0.717) is 23.8 Å². The molecule has 7 heteroatoms. The molecule has 0 bridgehead atoms. The summed E-state index contributed by atoms with van der Waals surface area (Å²) in [5, 5.41) is 7.09. The van der Waals surface area contributed by atoms with E-state index in [0.717, 1.165) is 38.7 Å². The molecule has 0 N–H and O–H groups in total. The zero-order chi connectivity index (χ0) is 31.7. The van der Waals surface area contributed by atoms with Crippen LogP contribution in [0.25, 0.3) is 10.8 Å². The van der Waals surface area contributed by atoms with Gasteiger partial charge in [-0.3, -0.25) is 4.90 Å². The Hall–Kier alpha value is -5.40. The molecule has 7 rings (SSSR count). The molecule has 1 heterocycles. The number of amidine groups is 1. The highest BCUT2D eigenvalue weighted by Crippen LogP contribution is 2.44. The van der Waals surface area contributed by atoms with Gasteiger partial charge in [-0.1, -0.05) is 120 Å². The van der Waals surface area contributed by atoms with Crippen molar-refractivity contribution >= 4 is 32.3 Å². The van der Waals surface area contributed by atoms with Crippen LogP contribution in [0.4, 0.5) is 5.69 Å². The van der Waals surface area contributed by atoms with Crippen LogP contribution < -0.4 is 9.64 Å². The van der Waals surface area contributed by atoms with Gasteiger partial charge in [0.25, 0.3) is 10.0 Å². The van der Waals surface area contributed by atoms with Gasteiger partial charge in [-0.15, -0.1) is 5.10 Å². The number of rotatable bonds is 8. The second-order valence-corrected chi connectivity index (χ2v) is 13.3. The summed E-state index contributed by atoms with van der Waals surface area (Å²) in [4.78, 5) is 2.16. The molecule has 1 unspecified atom stereocenters. The van der Waals surface area contributed by atoms with Gasteiger partial charge in [0.2, 0.25) is 0 Å². The summed E-state index contributed by atoms with van der Waals surface area (Å²) in [6.07, 6.45) is -0.873. The Balaban J connectivity index is 1.43. The maximum atomic E-state index is 14.6. The summed E-state index contributed by atoms with van der Waals surface area (Å²) in [5.41, 5.74) is 5.36. The molecule has 0 amide bonds. The number of para-hydroxylation sites is 1. The summed E-state index contributed by atoms with van der Waals surface area (Å²) in [5.74, 6) is 1.10. The van der Waals surface area contributed by atoms with Gasteiger partial charge in [-0.25, -0.2) is 0 Å². The summed E-state index contributed by atoms with van der Waals surface area (Å²) < 4.78 is 36.8. The Bertz CT molecular complexity index is 2150. The lowest BCUT2D eigenvalue weighted by Crippen LogP contribution is -2.38. The maximum Gasteiger partial charge on any atom is 0.281 e. The van der Waals surface area contributed by atoms with E-state index in [-0.39, 0.29) is 4.90 Å². The topological polar surface area (TPSA) is 62.2 Å². The van der Waals surface area contributed by atoms with Crippen LogP contribution in [0, 0.1) is 13.8 Å². The van der Waals surface area contributed by atoms with E-state index in [1.807, 2.05) is 122 Å². The van der Waals surface area contributed by atoms with Gasteiger partial charge in [0.05, 0.1) is 4.90 Å². The lowest BCUT2D eigenvalue weighted by molar-refractivity contribution is 0.290. The number of fused-ring (bicyclic) bond motifs is 1. The molecule has 0 aliphatic carbocycles. The van der Waals surface area contributed by atoms with Crippen molar-refractivity contribution in [1.29, 1.82) is 0 Å². The van der Waals surface area contributed by atoms with E-state index < -0.39 is 16.2 Å². The minimum absolute atomic E-state index is 0.165. The van der Waals surface area contributed by atoms with E-state index in [1.165, 1.54) is 4.41 Å². The van der Waals surface area contributed by atoms with Crippen molar-refractivity contribution in [1.82, 2.24) is 4.41 Å². The van der Waals surface area contributed by atoms with Gasteiger partial charge in [0, 0.05) is 16.8 Å². The minimum atomic E-state index is -4.12. The van der Waals surface area contributed by atoms with Gasteiger partial charge in [0.1, 0.15) is 12.4 Å². The van der Waals surface area contributed by atoms with Crippen LogP contribution in [0.15, 0.2) is 156 Å². The third-order valence-electron chi connectivity index (χ3n) is 8.19. The van der Waals surface area contributed by atoms with E-state index in [2.05, 4.69) is 18.2 Å². The lowest BCUT2D eigenvalue weighted by Gasteiger charge is -2.33. The lowest BCUT2D eigenvalue weighted by atomic mass is 10.0. The summed E-state index contributed by atoms with van der Waals surface area (Å²) in [6.45, 7) is 4.30. The molecule has 6 nitrogen and oxygen atoms in total. The molecule has 6 aromatic carbocycles. The fourth-order valence-corrected chi connectivity index (χ4v) is 7.08. The molecule has 0 radical (unpaired) electrons. The first-order chi connectivity index (χ1) is 22.4. The third-order valence-corrected chi connectivity index (χ3v) is 9.84. The van der Waals surface area contributed by atoms with Gasteiger partial charge in [-0.05, 0) is 66.6 Å². The summed E-state index contributed by atoms with van der Waals surface area (Å²) >= 11 is 0. The van der Waals surface area contributed by atoms with Crippen LogP contribution in [0.2, 0.25) is 0 Å². The Labute approximate surface area is 269 Å². The number of hydrogen-bond donors (Lipinski definition) is 0. The van der Waals surface area contributed by atoms with Crippen molar-refractivity contribution in [3.05, 3.63) is 173 Å². The zero-order valence-corrected chi connectivity index (χ0v) is 26.4. The fourth-order valence-electron chi connectivity index (χ4n) is 5.73. The van der Waals surface area contributed by atoms with E-state index in [4.69, 9.17) is 9.84 Å². The van der Waals surface area contributed by atoms with Crippen molar-refractivity contribution in [2.45, 2.75) is 31.5 Å². The molecule has 46 heavy (non-hydrogen) atoms. The first-order valence-corrected chi connectivity index (χ1v) is 16.6. The average Bonchev–Trinajstić information content (AvgIpc) is 3.50. The number of hydrazone groups is 1. The standard InChI is InChI=1S/C39H33N3O3S/c1-28-16-22-34(23-17-28)41-38(33-21-20-31-12-6-7-13-32(31)26-33)40-42(46(43,44)35-24-18-29(2)19-25-35)39(41)36-14-8-9-15-37(36)45-27-30-10-4-3-5-11-30/h3-26,39H,27H2,1-2H3. The van der Waals surface area contributed by atoms with Crippen LogP contribution in [0.1, 0.15) is 34.0 Å². The van der Waals surface area contributed by atoms with Crippen LogP contribution >= 0.6 is 0 Å². The summed E-state index contributed by atoms with van der Waals surface area (Å²) in [7, 11) is -4.12. The van der Waals surface area contributed by atoms with Crippen LogP contribution in [-0.2, 0) is 16.6 Å². The van der Waals surface area contributed by atoms with Crippen molar-refractivity contribution in [3.63, 3.8) is 0 Å². The van der Waals surface area contributed by atoms with Crippen LogP contribution in [0.5, 0.6) is 5.75 Å². The van der Waals surface area contributed by atoms with Crippen LogP contribution in [0.3, 0.4) is 0 Å². The molecule has 0 saturated carbocycles. The van der Waals surface area contributed by atoms with E-state index >= 15 is 0 Å². The second-order valence-electron chi connectivity index (χ2n) is 11.5. The maximum absolute atomic E-state index is 14.6. The molecular weight excluding hydrogens is 591 g/mol. The largest absolute Gasteiger partial charge is 0.488 e. The fraction of sp³-hybridized carbons (Fsp3) is 0.103. The smallest absolute Gasteiger partial charge is 0.281 e. The van der Waals surface area contributed by atoms with Crippen molar-refractivity contribution < 1.29 is 13.2 Å². The SMILES string of the molecule is Cc1ccc(N2C(c3ccc4ccccc4c3)=NN(S(=O)(=O)c3ccc(C)cc3)C2c2ccccc2OCc2ccccc2)cc1. The van der Waals surface area contributed by atoms with E-state index in [1.54, 1.807) is 24.3 Å². The predicted molar refractivity (Wildman–Crippen MR) is 184 cm³/mol. The second kappa shape index (κ2) is 12.2. The highest BCUT2D eigenvalue weighted by Gasteiger charge is 2.45. The molecule has 0 fully saturated rings. The average molecular weight is 624 g/mol. The van der Waals surface area contributed by atoms with Gasteiger partial charge in [-0.2, -0.15) is 12.8 Å². The Kier molecular flexibility index (Phi) is 7.76. The summed E-state index contributed by atoms with van der Waals surface area (Å²) in [6, 6.07) is 46.7. The first-order valence-electron chi connectivity index (χ1n) is 15.2. The van der Waals surface area contributed by atoms with Gasteiger partial charge >= 0.3 is 0 Å². The number of aryl methyl sites for hydroxylation is 2. The zero-order valence-electron chi connectivity index (χ0n) is 25.6. The number of anilines is 1. The molecule has 0 saturated heterocycles. The molecule has 228 valence electrons. The molecular formula is C39H33N3O3S. The highest BCUT2D eigenvalue weighted by atomic mass is 32.2. The number of sulfonamides is 1. The highest BCUT2D eigenvalue weighted by molar-refractivity contribution is 7.89. The number of hydrogen-bond acceptors (Lipinski definition) is 5. The predicted octanol–water partition coefficient (Wildman–Crippen LogP) is 8.61. The van der Waals surface area contributed by atoms with E-state index in [9.17, 15) is 8.42 Å². The Morgan fingerprint density at radius 1 is 0.674 bits per heavy atom. The van der Waals surface area contributed by atoms with Crippen molar-refractivity contribution in [2.24, 2.45) is 5.10 Å². The van der Waals surface area contributed by atoms with Crippen LogP contribution in [-0.4, -0.2) is 18.7 Å². The Morgan fingerprint density at radius 2 is 1.30 bits per heavy atom. The first kappa shape index (κ1) is 29.3. The minimum Gasteiger partial charge on any atom is -0.488 e. The van der Waals surface area contributed by atoms with Gasteiger partial charge < -0.3 is 4.74 Å². The molecule has 0 spiro atoms. The molecule has 0 aromatic heterocycles. The monoisotopic (exact) mass is 623 g/mol. The normalized spacial score (nSPS) is 14.8. The molecule has 1 aliphatic heterocycles. The number of benzene rings is 6. The van der Waals surface area contributed by atoms with Gasteiger partial charge in [0.15, 0.2) is 12.0 Å². The quantitative estimate of drug-likeness (QED) is 0.170.